The summed E-state index contributed by atoms with van der Waals surface area (Å²) in [5.41, 5.74) is 1.25. The summed E-state index contributed by atoms with van der Waals surface area (Å²) in [5.74, 6) is -1.63. The zero-order valence-corrected chi connectivity index (χ0v) is 14.5. The molecule has 1 atom stereocenters. The first kappa shape index (κ1) is 21.6. The van der Waals surface area contributed by atoms with Gasteiger partial charge in [0.1, 0.15) is 5.69 Å². The van der Waals surface area contributed by atoms with Gasteiger partial charge in [-0.25, -0.2) is 15.0 Å². The monoisotopic (exact) mass is 377 g/mol. The molecule has 0 spiro atoms. The van der Waals surface area contributed by atoms with E-state index in [-0.39, 0.29) is 18.9 Å². The summed E-state index contributed by atoms with van der Waals surface area (Å²) in [7, 11) is 1.30. The fourth-order valence-electron chi connectivity index (χ4n) is 2.19. The molecule has 26 heavy (non-hydrogen) atoms. The van der Waals surface area contributed by atoms with E-state index < -0.39 is 23.7 Å². The first-order valence-corrected chi connectivity index (χ1v) is 8.04. The molecule has 0 bridgehead atoms. The molecule has 0 aromatic carbocycles. The van der Waals surface area contributed by atoms with E-state index in [1.165, 1.54) is 7.05 Å². The average molecular weight is 377 g/mol. The van der Waals surface area contributed by atoms with Crippen LogP contribution in [-0.2, 0) is 15.8 Å². The van der Waals surface area contributed by atoms with E-state index in [4.69, 9.17) is 0 Å². The van der Waals surface area contributed by atoms with Crippen LogP contribution >= 0.6 is 0 Å². The van der Waals surface area contributed by atoms with Crippen LogP contribution in [-0.4, -0.2) is 46.1 Å². The summed E-state index contributed by atoms with van der Waals surface area (Å²) in [6.45, 7) is 1.76. The molecule has 1 heterocycles. The molecule has 146 valence electrons. The lowest BCUT2D eigenvalue weighted by Crippen LogP contribution is -2.46. The molecule has 0 fully saturated rings. The second kappa shape index (κ2) is 9.90. The third-order valence-corrected chi connectivity index (χ3v) is 3.57. The van der Waals surface area contributed by atoms with Gasteiger partial charge >= 0.3 is 6.18 Å². The number of hydrogen-bond acceptors (Lipinski definition) is 6. The van der Waals surface area contributed by atoms with Gasteiger partial charge in [-0.15, -0.1) is 0 Å². The van der Waals surface area contributed by atoms with Gasteiger partial charge in [0.2, 0.25) is 18.3 Å². The minimum absolute atomic E-state index is 0.180. The number of hydrogen-bond donors (Lipinski definition) is 2. The van der Waals surface area contributed by atoms with Crippen LogP contribution < -0.4 is 10.4 Å². The molecule has 1 aromatic heterocycles. The zero-order valence-electron chi connectivity index (χ0n) is 14.5. The largest absolute Gasteiger partial charge is 0.433 e. The maximum atomic E-state index is 12.7. The van der Waals surface area contributed by atoms with Gasteiger partial charge in [-0.3, -0.25) is 25.2 Å². The fraction of sp³-hybridized carbons (Fsp3) is 0.600. The van der Waals surface area contributed by atoms with E-state index in [2.05, 4.69) is 15.4 Å². The number of carbonyl (C=O) groups is 2. The first-order valence-electron chi connectivity index (χ1n) is 8.04. The van der Waals surface area contributed by atoms with Crippen molar-refractivity contribution in [1.82, 2.24) is 20.5 Å². The molecule has 0 unspecified atom stereocenters. The summed E-state index contributed by atoms with van der Waals surface area (Å²) >= 11 is 0. The summed E-state index contributed by atoms with van der Waals surface area (Å²) in [6, 6.07) is 0.723. The Morgan fingerprint density at radius 2 is 2.12 bits per heavy atom. The molecule has 0 saturated heterocycles. The van der Waals surface area contributed by atoms with Crippen LogP contribution in [0.3, 0.4) is 0 Å². The lowest BCUT2D eigenvalue weighted by Gasteiger charge is -2.24. The normalized spacial score (nSPS) is 12.4. The van der Waals surface area contributed by atoms with Crippen molar-refractivity contribution in [1.29, 1.82) is 0 Å². The second-order valence-electron chi connectivity index (χ2n) is 5.69. The first-order chi connectivity index (χ1) is 12.2. The predicted octanol–water partition coefficient (Wildman–Crippen LogP) is 2.01. The van der Waals surface area contributed by atoms with Crippen molar-refractivity contribution < 1.29 is 28.0 Å². The Morgan fingerprint density at radius 1 is 1.42 bits per heavy atom. The minimum Gasteiger partial charge on any atom is -0.286 e. The van der Waals surface area contributed by atoms with Crippen molar-refractivity contribution >= 4 is 18.3 Å². The van der Waals surface area contributed by atoms with Crippen molar-refractivity contribution in [3.8, 4) is 0 Å². The van der Waals surface area contributed by atoms with Gasteiger partial charge < -0.3 is 0 Å². The van der Waals surface area contributed by atoms with Crippen molar-refractivity contribution in [3.63, 3.8) is 0 Å². The van der Waals surface area contributed by atoms with Gasteiger partial charge in [0, 0.05) is 13.2 Å². The minimum atomic E-state index is -4.63. The number of nitrogens with zero attached hydrogens (tertiary/aromatic N) is 4. The topological polar surface area (TPSA) is 98.7 Å². The van der Waals surface area contributed by atoms with Crippen molar-refractivity contribution in [3.05, 3.63) is 18.0 Å². The molecule has 1 aromatic rings. The van der Waals surface area contributed by atoms with Crippen molar-refractivity contribution in [2.45, 2.75) is 38.8 Å². The average Bonchev–Trinajstić information content (AvgIpc) is 2.60. The standard InChI is InChI=1S/C15H22F3N5O3/c1-3-4-5-6-11(9-23(26)10-24)13(25)21-22(2)14-19-8-7-12(20-14)15(16,17)18/h7-8,10-11,26H,3-6,9H2,1-2H3,(H,21,25)/t11-/m0/s1. The zero-order chi connectivity index (χ0) is 19.7. The molecular formula is C15H22F3N5O3. The molecule has 0 saturated carbocycles. The summed E-state index contributed by atoms with van der Waals surface area (Å²) in [4.78, 5) is 30.0. The van der Waals surface area contributed by atoms with Crippen LogP contribution in [0.4, 0.5) is 19.1 Å². The number of unbranched alkanes of at least 4 members (excludes halogenated alkanes) is 2. The number of amides is 2. The number of hydroxylamine groups is 2. The summed E-state index contributed by atoms with van der Waals surface area (Å²) in [6.07, 6.45) is -0.626. The summed E-state index contributed by atoms with van der Waals surface area (Å²) in [5, 5.41) is 10.7. The van der Waals surface area contributed by atoms with Gasteiger partial charge in [-0.05, 0) is 12.5 Å². The van der Waals surface area contributed by atoms with Crippen LogP contribution in [0.25, 0.3) is 0 Å². The number of alkyl halides is 3. The second-order valence-corrected chi connectivity index (χ2v) is 5.69. The van der Waals surface area contributed by atoms with Gasteiger partial charge in [0.15, 0.2) is 0 Å². The molecule has 0 aliphatic carbocycles. The molecular weight excluding hydrogens is 355 g/mol. The van der Waals surface area contributed by atoms with Crippen LogP contribution in [0.1, 0.15) is 38.3 Å². The van der Waals surface area contributed by atoms with Crippen molar-refractivity contribution in [2.24, 2.45) is 5.92 Å². The van der Waals surface area contributed by atoms with Gasteiger partial charge in [-0.2, -0.15) is 13.2 Å². The third-order valence-electron chi connectivity index (χ3n) is 3.57. The highest BCUT2D eigenvalue weighted by atomic mass is 19.4. The quantitative estimate of drug-likeness (QED) is 0.280. The number of anilines is 1. The SMILES string of the molecule is CCCCC[C@@H](CN(O)C=O)C(=O)NN(C)c1nccc(C(F)(F)F)n1. The molecule has 1 rings (SSSR count). The van der Waals surface area contributed by atoms with Crippen LogP contribution in [0, 0.1) is 5.92 Å². The molecule has 2 N–H and O–H groups in total. The Labute approximate surface area is 148 Å². The number of nitrogens with one attached hydrogen (secondary N) is 1. The lowest BCUT2D eigenvalue weighted by molar-refractivity contribution is -0.154. The highest BCUT2D eigenvalue weighted by molar-refractivity contribution is 5.80. The molecule has 0 aliphatic rings. The maximum absolute atomic E-state index is 12.7. The molecule has 8 nitrogen and oxygen atoms in total. The van der Waals surface area contributed by atoms with E-state index in [1.807, 2.05) is 6.92 Å². The van der Waals surface area contributed by atoms with Crippen LogP contribution in [0.2, 0.25) is 0 Å². The Hall–Kier alpha value is -2.43. The van der Waals surface area contributed by atoms with Gasteiger partial charge in [0.05, 0.1) is 12.5 Å². The Kier molecular flexibility index (Phi) is 8.23. The molecule has 0 radical (unpaired) electrons. The van der Waals surface area contributed by atoms with E-state index >= 15 is 0 Å². The van der Waals surface area contributed by atoms with E-state index in [0.717, 1.165) is 30.1 Å². The Balaban J connectivity index is 2.81. The fourth-order valence-corrected chi connectivity index (χ4v) is 2.19. The van der Waals surface area contributed by atoms with Gasteiger partial charge in [0.25, 0.3) is 0 Å². The highest BCUT2D eigenvalue weighted by Crippen LogP contribution is 2.27. The number of hydrazine groups is 1. The van der Waals surface area contributed by atoms with Crippen molar-refractivity contribution in [2.75, 3.05) is 18.6 Å². The number of aromatic nitrogens is 2. The lowest BCUT2D eigenvalue weighted by atomic mass is 10.0. The Bertz CT molecular complexity index is 600. The van der Waals surface area contributed by atoms with E-state index in [1.54, 1.807) is 0 Å². The molecule has 0 aliphatic heterocycles. The number of halogens is 3. The van der Waals surface area contributed by atoms with Crippen LogP contribution in [0.15, 0.2) is 12.3 Å². The number of rotatable bonds is 10. The predicted molar refractivity (Wildman–Crippen MR) is 85.8 cm³/mol. The molecule has 11 heteroatoms. The molecule has 2 amide bonds. The summed E-state index contributed by atoms with van der Waals surface area (Å²) < 4.78 is 38.1. The Morgan fingerprint density at radius 3 is 2.69 bits per heavy atom. The smallest absolute Gasteiger partial charge is 0.286 e. The van der Waals surface area contributed by atoms with Crippen LogP contribution in [0.5, 0.6) is 0 Å². The van der Waals surface area contributed by atoms with Gasteiger partial charge in [-0.1, -0.05) is 26.2 Å². The third kappa shape index (κ3) is 6.82. The maximum Gasteiger partial charge on any atom is 0.433 e. The number of carbonyl (C=O) groups excluding carboxylic acids is 2. The van der Waals surface area contributed by atoms with E-state index in [0.29, 0.717) is 17.9 Å². The highest BCUT2D eigenvalue weighted by Gasteiger charge is 2.33. The van der Waals surface area contributed by atoms with E-state index in [9.17, 15) is 28.0 Å².